The maximum atomic E-state index is 10.1. The van der Waals surface area contributed by atoms with E-state index in [4.69, 9.17) is 0 Å². The molecule has 0 aliphatic carbocycles. The van der Waals surface area contributed by atoms with E-state index in [0.29, 0.717) is 5.75 Å². The molecule has 0 aliphatic rings. The lowest BCUT2D eigenvalue weighted by Crippen LogP contribution is -2.44. The van der Waals surface area contributed by atoms with Crippen LogP contribution in [0.5, 0.6) is 5.75 Å². The minimum atomic E-state index is -1.44. The van der Waals surface area contributed by atoms with Crippen molar-refractivity contribution in [3.8, 4) is 5.75 Å². The van der Waals surface area contributed by atoms with Crippen LogP contribution in [0.25, 0.3) is 0 Å². The number of benzene rings is 2. The summed E-state index contributed by atoms with van der Waals surface area (Å²) in [6.07, 6.45) is 0. The third-order valence-electron chi connectivity index (χ3n) is 3.93. The molecule has 0 heterocycles. The van der Waals surface area contributed by atoms with Crippen molar-refractivity contribution < 1.29 is 5.11 Å². The average molecular weight is 362 g/mol. The Balaban J connectivity index is 0.00000139. The fourth-order valence-corrected chi connectivity index (χ4v) is 6.68. The molecule has 2 nitrogen and oxygen atoms in total. The lowest BCUT2D eigenvalue weighted by Gasteiger charge is -2.24. The van der Waals surface area contributed by atoms with Crippen LogP contribution < -0.4 is 10.9 Å². The predicted octanol–water partition coefficient (Wildman–Crippen LogP) is 4.51. The molecule has 2 aromatic carbocycles. The number of aromatic hydroxyl groups is 1. The van der Waals surface area contributed by atoms with Crippen molar-refractivity contribution in [2.75, 3.05) is 12.4 Å². The zero-order valence-electron chi connectivity index (χ0n) is 15.8. The van der Waals surface area contributed by atoms with Gasteiger partial charge in [0.2, 0.25) is 0 Å². The summed E-state index contributed by atoms with van der Waals surface area (Å²) in [5.41, 5.74) is 5.49. The maximum absolute atomic E-state index is 10.1. The molecule has 132 valence electrons. The average Bonchev–Trinajstić information content (AvgIpc) is 2.56. The molecule has 0 radical (unpaired) electrons. The van der Waals surface area contributed by atoms with E-state index in [1.54, 1.807) is 0 Å². The highest BCUT2D eigenvalue weighted by Crippen LogP contribution is 2.34. The van der Waals surface area contributed by atoms with Crippen LogP contribution in [-0.4, -0.2) is 25.6 Å². The molecule has 0 saturated carbocycles. The Morgan fingerprint density at radius 1 is 1.00 bits per heavy atom. The van der Waals surface area contributed by atoms with Crippen molar-refractivity contribution in [1.82, 2.24) is 0 Å². The molecule has 4 heteroatoms. The van der Waals surface area contributed by atoms with Gasteiger partial charge in [0.05, 0.1) is 8.07 Å². The molecular weight excluding hydrogens is 330 g/mol. The predicted molar refractivity (Wildman–Crippen MR) is 111 cm³/mol. The molecule has 0 aromatic heterocycles. The highest BCUT2D eigenvalue weighted by molar-refractivity contribution is 8.01. The molecule has 0 saturated heterocycles. The number of phenols is 1. The van der Waals surface area contributed by atoms with Crippen LogP contribution in [0.4, 0.5) is 0 Å². The molecule has 2 aromatic rings. The van der Waals surface area contributed by atoms with E-state index >= 15 is 0 Å². The second-order valence-electron chi connectivity index (χ2n) is 7.47. The quantitative estimate of drug-likeness (QED) is 0.622. The van der Waals surface area contributed by atoms with Crippen LogP contribution in [-0.2, 0) is 5.41 Å². The van der Waals surface area contributed by atoms with Crippen LogP contribution in [0.3, 0.4) is 0 Å². The molecule has 0 amide bonds. The molecule has 24 heavy (non-hydrogen) atoms. The SMILES string of the molecule is CC(C)(C)c1cc(SC[Si](C)(C)c2ccccc2)ccc1O.CN. The van der Waals surface area contributed by atoms with Crippen LogP contribution >= 0.6 is 11.8 Å². The van der Waals surface area contributed by atoms with Gasteiger partial charge in [0.25, 0.3) is 0 Å². The summed E-state index contributed by atoms with van der Waals surface area (Å²) in [6.45, 7) is 11.2. The normalized spacial score (nSPS) is 11.6. The van der Waals surface area contributed by atoms with Crippen LogP contribution in [0, 0.1) is 0 Å². The summed E-state index contributed by atoms with van der Waals surface area (Å²) in [4.78, 5) is 1.25. The fourth-order valence-electron chi connectivity index (χ4n) is 2.44. The van der Waals surface area contributed by atoms with Crippen molar-refractivity contribution in [2.24, 2.45) is 5.73 Å². The standard InChI is InChI=1S/C19H26OSSi.CH5N/c1-19(2,3)17-13-15(11-12-18(17)20)21-14-22(4,5)16-9-7-6-8-10-16;1-2/h6-13,20H,14H2,1-5H3;2H2,1H3. The molecule has 0 unspecified atom stereocenters. The van der Waals surface area contributed by atoms with Gasteiger partial charge in [-0.15, -0.1) is 11.8 Å². The van der Waals surface area contributed by atoms with Crippen LogP contribution in [0.2, 0.25) is 13.1 Å². The van der Waals surface area contributed by atoms with Gasteiger partial charge in [-0.1, -0.05) is 69.4 Å². The Morgan fingerprint density at radius 3 is 2.12 bits per heavy atom. The number of phenolic OH excluding ortho intramolecular Hbond substituents is 1. The van der Waals surface area contributed by atoms with Gasteiger partial charge in [0.1, 0.15) is 5.75 Å². The minimum Gasteiger partial charge on any atom is -0.508 e. The first-order valence-corrected chi connectivity index (χ1v) is 12.5. The van der Waals surface area contributed by atoms with E-state index in [9.17, 15) is 5.11 Å². The van der Waals surface area contributed by atoms with Crippen molar-refractivity contribution >= 4 is 25.0 Å². The Bertz CT molecular complexity index is 636. The number of rotatable bonds is 4. The zero-order valence-corrected chi connectivity index (χ0v) is 17.6. The maximum Gasteiger partial charge on any atom is 0.119 e. The summed E-state index contributed by atoms with van der Waals surface area (Å²) in [5, 5.41) is 12.7. The third-order valence-corrected chi connectivity index (χ3v) is 9.88. The Morgan fingerprint density at radius 2 is 1.58 bits per heavy atom. The van der Waals surface area contributed by atoms with E-state index in [1.165, 1.54) is 17.1 Å². The van der Waals surface area contributed by atoms with E-state index in [-0.39, 0.29) is 5.41 Å². The van der Waals surface area contributed by atoms with Crippen LogP contribution in [0.15, 0.2) is 53.4 Å². The van der Waals surface area contributed by atoms with Gasteiger partial charge in [-0.2, -0.15) is 0 Å². The smallest absolute Gasteiger partial charge is 0.119 e. The fraction of sp³-hybridized carbons (Fsp3) is 0.400. The number of hydrogen-bond donors (Lipinski definition) is 2. The second-order valence-corrected chi connectivity index (χ2v) is 13.7. The van der Waals surface area contributed by atoms with Gasteiger partial charge in [-0.05, 0) is 36.0 Å². The Hall–Kier alpha value is -1.23. The first-order chi connectivity index (χ1) is 11.2. The number of hydrogen-bond acceptors (Lipinski definition) is 3. The zero-order chi connectivity index (χ0) is 18.4. The van der Waals surface area contributed by atoms with Crippen molar-refractivity contribution in [3.63, 3.8) is 0 Å². The van der Waals surface area contributed by atoms with E-state index in [1.807, 2.05) is 23.9 Å². The number of thioether (sulfide) groups is 1. The molecule has 0 aliphatic heterocycles. The second kappa shape index (κ2) is 8.74. The highest BCUT2D eigenvalue weighted by Gasteiger charge is 2.24. The van der Waals surface area contributed by atoms with Crippen molar-refractivity contribution in [1.29, 1.82) is 0 Å². The topological polar surface area (TPSA) is 46.2 Å². The van der Waals surface area contributed by atoms with E-state index < -0.39 is 8.07 Å². The molecule has 0 bridgehead atoms. The molecule has 0 atom stereocenters. The molecule has 3 N–H and O–H groups in total. The molecular formula is C20H31NOSSi. The van der Waals surface area contributed by atoms with Crippen molar-refractivity contribution in [3.05, 3.63) is 54.1 Å². The van der Waals surface area contributed by atoms with Crippen molar-refractivity contribution in [2.45, 2.75) is 44.2 Å². The van der Waals surface area contributed by atoms with E-state index in [2.05, 4.69) is 76.0 Å². The van der Waals surface area contributed by atoms with Gasteiger partial charge in [-0.3, -0.25) is 0 Å². The highest BCUT2D eigenvalue weighted by atomic mass is 32.2. The lowest BCUT2D eigenvalue weighted by molar-refractivity contribution is 0.446. The van der Waals surface area contributed by atoms with Gasteiger partial charge < -0.3 is 10.8 Å². The largest absolute Gasteiger partial charge is 0.508 e. The number of nitrogens with two attached hydrogens (primary N) is 1. The minimum absolute atomic E-state index is 0.0347. The molecule has 2 rings (SSSR count). The monoisotopic (exact) mass is 361 g/mol. The van der Waals surface area contributed by atoms with Gasteiger partial charge in [0.15, 0.2) is 0 Å². The van der Waals surface area contributed by atoms with Gasteiger partial charge in [-0.25, -0.2) is 0 Å². The van der Waals surface area contributed by atoms with E-state index in [0.717, 1.165) is 10.9 Å². The third kappa shape index (κ3) is 5.69. The van der Waals surface area contributed by atoms with Gasteiger partial charge >= 0.3 is 0 Å². The molecule has 0 spiro atoms. The Labute approximate surface area is 152 Å². The van der Waals surface area contributed by atoms with Crippen LogP contribution in [0.1, 0.15) is 26.3 Å². The van der Waals surface area contributed by atoms with Gasteiger partial charge in [0, 0.05) is 10.5 Å². The summed E-state index contributed by atoms with van der Waals surface area (Å²) in [7, 11) is 0.0614. The summed E-state index contributed by atoms with van der Waals surface area (Å²) in [6, 6.07) is 16.9. The first kappa shape index (κ1) is 20.8. The molecule has 0 fully saturated rings. The summed E-state index contributed by atoms with van der Waals surface area (Å²) < 4.78 is 0. The Kier molecular flexibility index (Phi) is 7.58. The summed E-state index contributed by atoms with van der Waals surface area (Å²) >= 11 is 1.91. The first-order valence-electron chi connectivity index (χ1n) is 8.30. The lowest BCUT2D eigenvalue weighted by atomic mass is 9.86. The summed E-state index contributed by atoms with van der Waals surface area (Å²) in [5.74, 6) is 0.399.